The van der Waals surface area contributed by atoms with Crippen LogP contribution < -0.4 is 10.1 Å². The SMILES string of the molecule is Cc1cccc(C2CCCN2CCOc2ccc3c(c2)CCC(=O)N3)c1. The molecule has 2 heterocycles. The van der Waals surface area contributed by atoms with Crippen LogP contribution in [0.1, 0.15) is 42.0 Å². The van der Waals surface area contributed by atoms with Crippen molar-refractivity contribution < 1.29 is 9.53 Å². The summed E-state index contributed by atoms with van der Waals surface area (Å²) in [6, 6.07) is 15.3. The fraction of sp³-hybridized carbons (Fsp3) is 0.409. The van der Waals surface area contributed by atoms with Crippen molar-refractivity contribution in [2.45, 2.75) is 38.6 Å². The first kappa shape index (κ1) is 17.1. The first-order chi connectivity index (χ1) is 12.7. The van der Waals surface area contributed by atoms with E-state index in [0.29, 0.717) is 19.1 Å². The third-order valence-electron chi connectivity index (χ3n) is 5.41. The van der Waals surface area contributed by atoms with Gasteiger partial charge in [0.1, 0.15) is 12.4 Å². The van der Waals surface area contributed by atoms with Gasteiger partial charge in [-0.15, -0.1) is 0 Å². The predicted molar refractivity (Wildman–Crippen MR) is 104 cm³/mol. The first-order valence-corrected chi connectivity index (χ1v) is 9.55. The standard InChI is InChI=1S/C22H26N2O2/c1-16-4-2-5-18(14-16)21-6-3-11-24(21)12-13-26-19-8-9-20-17(15-19)7-10-22(25)23-20/h2,4-5,8-9,14-15,21H,3,6-7,10-13H2,1H3,(H,23,25). The second kappa shape index (κ2) is 7.50. The Morgan fingerprint density at radius 3 is 3.00 bits per heavy atom. The zero-order chi connectivity index (χ0) is 17.9. The lowest BCUT2D eigenvalue weighted by atomic mass is 10.0. The molecule has 0 radical (unpaired) electrons. The Balaban J connectivity index is 1.35. The number of aryl methyl sites for hydroxylation is 2. The molecular formula is C22H26N2O2. The van der Waals surface area contributed by atoms with E-state index in [-0.39, 0.29) is 5.91 Å². The summed E-state index contributed by atoms with van der Waals surface area (Å²) in [6.07, 6.45) is 3.82. The third-order valence-corrected chi connectivity index (χ3v) is 5.41. The lowest BCUT2D eigenvalue weighted by Gasteiger charge is -2.25. The lowest BCUT2D eigenvalue weighted by Crippen LogP contribution is -2.28. The van der Waals surface area contributed by atoms with E-state index in [2.05, 4.69) is 47.5 Å². The van der Waals surface area contributed by atoms with Gasteiger partial charge in [-0.25, -0.2) is 0 Å². The summed E-state index contributed by atoms with van der Waals surface area (Å²) in [4.78, 5) is 14.0. The zero-order valence-corrected chi connectivity index (χ0v) is 15.3. The highest BCUT2D eigenvalue weighted by Crippen LogP contribution is 2.32. The molecule has 0 spiro atoms. The number of rotatable bonds is 5. The fourth-order valence-corrected chi connectivity index (χ4v) is 4.08. The molecule has 4 heteroatoms. The summed E-state index contributed by atoms with van der Waals surface area (Å²) in [5.41, 5.74) is 4.84. The molecule has 0 aromatic heterocycles. The van der Waals surface area contributed by atoms with Crippen molar-refractivity contribution in [1.29, 1.82) is 0 Å². The second-order valence-electron chi connectivity index (χ2n) is 7.32. The Kier molecular flexibility index (Phi) is 4.93. The van der Waals surface area contributed by atoms with Gasteiger partial charge in [0.15, 0.2) is 0 Å². The van der Waals surface area contributed by atoms with Gasteiger partial charge in [-0.1, -0.05) is 29.8 Å². The highest BCUT2D eigenvalue weighted by Gasteiger charge is 2.25. The quantitative estimate of drug-likeness (QED) is 0.883. The number of likely N-dealkylation sites (tertiary alicyclic amines) is 1. The molecule has 26 heavy (non-hydrogen) atoms. The Hall–Kier alpha value is -2.33. The Morgan fingerprint density at radius 1 is 1.19 bits per heavy atom. The maximum Gasteiger partial charge on any atom is 0.224 e. The van der Waals surface area contributed by atoms with Crippen LogP contribution in [-0.2, 0) is 11.2 Å². The van der Waals surface area contributed by atoms with Crippen LogP contribution in [-0.4, -0.2) is 30.5 Å². The molecular weight excluding hydrogens is 324 g/mol. The average molecular weight is 350 g/mol. The van der Waals surface area contributed by atoms with Crippen molar-refractivity contribution >= 4 is 11.6 Å². The molecule has 136 valence electrons. The number of benzene rings is 2. The predicted octanol–water partition coefficient (Wildman–Crippen LogP) is 4.10. The fourth-order valence-electron chi connectivity index (χ4n) is 4.08. The number of hydrogen-bond acceptors (Lipinski definition) is 3. The molecule has 1 unspecified atom stereocenters. The smallest absolute Gasteiger partial charge is 0.224 e. The van der Waals surface area contributed by atoms with Gasteiger partial charge in [0, 0.05) is 24.7 Å². The minimum absolute atomic E-state index is 0.0994. The molecule has 4 nitrogen and oxygen atoms in total. The minimum atomic E-state index is 0.0994. The van der Waals surface area contributed by atoms with Gasteiger partial charge in [-0.3, -0.25) is 9.69 Å². The number of anilines is 1. The number of ether oxygens (including phenoxy) is 1. The van der Waals surface area contributed by atoms with Gasteiger partial charge in [0.2, 0.25) is 5.91 Å². The number of amides is 1. The van der Waals surface area contributed by atoms with Crippen molar-refractivity contribution in [2.24, 2.45) is 0 Å². The summed E-state index contributed by atoms with van der Waals surface area (Å²) >= 11 is 0. The summed E-state index contributed by atoms with van der Waals surface area (Å²) in [5, 5.41) is 2.91. The van der Waals surface area contributed by atoms with Crippen LogP contribution in [0, 0.1) is 6.92 Å². The van der Waals surface area contributed by atoms with Crippen molar-refractivity contribution in [1.82, 2.24) is 4.90 Å². The maximum atomic E-state index is 11.5. The van der Waals surface area contributed by atoms with Crippen LogP contribution in [0.3, 0.4) is 0 Å². The number of hydrogen-bond donors (Lipinski definition) is 1. The molecule has 2 aromatic carbocycles. The highest BCUT2D eigenvalue weighted by atomic mass is 16.5. The number of nitrogens with one attached hydrogen (secondary N) is 1. The molecule has 0 aliphatic carbocycles. The topological polar surface area (TPSA) is 41.6 Å². The van der Waals surface area contributed by atoms with Crippen molar-refractivity contribution in [3.63, 3.8) is 0 Å². The van der Waals surface area contributed by atoms with E-state index in [1.165, 1.54) is 29.5 Å². The summed E-state index contributed by atoms with van der Waals surface area (Å²) in [5.74, 6) is 0.994. The highest BCUT2D eigenvalue weighted by molar-refractivity contribution is 5.93. The molecule has 1 saturated heterocycles. The van der Waals surface area contributed by atoms with Gasteiger partial charge in [0.05, 0.1) is 0 Å². The first-order valence-electron chi connectivity index (χ1n) is 9.55. The Bertz CT molecular complexity index is 802. The van der Waals surface area contributed by atoms with Crippen LogP contribution in [0.5, 0.6) is 5.75 Å². The number of nitrogens with zero attached hydrogens (tertiary/aromatic N) is 1. The van der Waals surface area contributed by atoms with E-state index < -0.39 is 0 Å². The van der Waals surface area contributed by atoms with Gasteiger partial charge in [-0.2, -0.15) is 0 Å². The molecule has 2 aromatic rings. The van der Waals surface area contributed by atoms with Crippen LogP contribution in [0.25, 0.3) is 0 Å². The van der Waals surface area contributed by atoms with Crippen LogP contribution in [0.4, 0.5) is 5.69 Å². The van der Waals surface area contributed by atoms with Crippen molar-refractivity contribution in [3.05, 3.63) is 59.2 Å². The van der Waals surface area contributed by atoms with Crippen molar-refractivity contribution in [3.8, 4) is 5.75 Å². The summed E-state index contributed by atoms with van der Waals surface area (Å²) < 4.78 is 6.01. The van der Waals surface area contributed by atoms with Gasteiger partial charge >= 0.3 is 0 Å². The largest absolute Gasteiger partial charge is 0.492 e. The molecule has 2 aliphatic heterocycles. The number of carbonyl (C=O) groups is 1. The molecule has 2 aliphatic rings. The van der Waals surface area contributed by atoms with Crippen LogP contribution in [0.2, 0.25) is 0 Å². The van der Waals surface area contributed by atoms with Crippen LogP contribution in [0.15, 0.2) is 42.5 Å². The molecule has 0 bridgehead atoms. The maximum absolute atomic E-state index is 11.5. The van der Waals surface area contributed by atoms with E-state index in [1.54, 1.807) is 0 Å². The average Bonchev–Trinajstić information content (AvgIpc) is 3.10. The van der Waals surface area contributed by atoms with E-state index in [9.17, 15) is 4.79 Å². The normalized spacial score (nSPS) is 19.9. The molecule has 1 amide bonds. The Morgan fingerprint density at radius 2 is 2.12 bits per heavy atom. The third kappa shape index (κ3) is 3.75. The van der Waals surface area contributed by atoms with Gasteiger partial charge in [-0.05, 0) is 62.1 Å². The molecule has 1 N–H and O–H groups in total. The zero-order valence-electron chi connectivity index (χ0n) is 15.3. The van der Waals surface area contributed by atoms with E-state index in [1.807, 2.05) is 12.1 Å². The van der Waals surface area contributed by atoms with E-state index >= 15 is 0 Å². The van der Waals surface area contributed by atoms with Crippen molar-refractivity contribution in [2.75, 3.05) is 25.0 Å². The van der Waals surface area contributed by atoms with E-state index in [0.717, 1.165) is 30.9 Å². The van der Waals surface area contributed by atoms with Crippen LogP contribution >= 0.6 is 0 Å². The second-order valence-corrected chi connectivity index (χ2v) is 7.32. The van der Waals surface area contributed by atoms with Gasteiger partial charge in [0.25, 0.3) is 0 Å². The number of carbonyl (C=O) groups excluding carboxylic acids is 1. The van der Waals surface area contributed by atoms with Gasteiger partial charge < -0.3 is 10.1 Å². The van der Waals surface area contributed by atoms with E-state index in [4.69, 9.17) is 4.74 Å². The summed E-state index contributed by atoms with van der Waals surface area (Å²) in [7, 11) is 0. The molecule has 1 fully saturated rings. The Labute approximate surface area is 155 Å². The minimum Gasteiger partial charge on any atom is -0.492 e. The summed E-state index contributed by atoms with van der Waals surface area (Å²) in [6.45, 7) is 4.92. The molecule has 1 atom stereocenters. The number of fused-ring (bicyclic) bond motifs is 1. The molecule has 4 rings (SSSR count). The molecule has 0 saturated carbocycles. The monoisotopic (exact) mass is 350 g/mol. The lowest BCUT2D eigenvalue weighted by molar-refractivity contribution is -0.116.